The van der Waals surface area contributed by atoms with Crippen LogP contribution in [0.4, 0.5) is 5.69 Å². The van der Waals surface area contributed by atoms with Crippen molar-refractivity contribution in [3.8, 4) is 5.88 Å². The van der Waals surface area contributed by atoms with Gasteiger partial charge in [0.25, 0.3) is 5.91 Å². The van der Waals surface area contributed by atoms with Crippen molar-refractivity contribution in [1.82, 2.24) is 10.4 Å². The molecule has 1 aromatic heterocycles. The van der Waals surface area contributed by atoms with E-state index >= 15 is 0 Å². The Morgan fingerprint density at radius 1 is 1.39 bits per heavy atom. The van der Waals surface area contributed by atoms with E-state index in [-0.39, 0.29) is 23.9 Å². The Kier molecular flexibility index (Phi) is 3.88. The Balaban J connectivity index is 1.67. The van der Waals surface area contributed by atoms with Crippen molar-refractivity contribution in [2.24, 2.45) is 21.2 Å². The largest absolute Gasteiger partial charge is 0.493 e. The number of hydrogen-bond acceptors (Lipinski definition) is 5. The molecule has 118 valence electrons. The van der Waals surface area contributed by atoms with E-state index in [1.54, 1.807) is 25.1 Å². The number of benzene rings is 1. The number of H-pyrrole nitrogens is 1. The molecule has 1 atom stereocenters. The number of aromatic nitrogens is 1. The summed E-state index contributed by atoms with van der Waals surface area (Å²) in [5.74, 6) is -1.19. The molecule has 1 aliphatic rings. The normalized spacial score (nSPS) is 17.7. The molecule has 23 heavy (non-hydrogen) atoms. The molecule has 8 nitrogen and oxygen atoms in total. The van der Waals surface area contributed by atoms with E-state index < -0.39 is 11.8 Å². The lowest BCUT2D eigenvalue weighted by molar-refractivity contribution is -0.122. The summed E-state index contributed by atoms with van der Waals surface area (Å²) in [7, 11) is 0. The third kappa shape index (κ3) is 2.96. The quantitative estimate of drug-likeness (QED) is 0.752. The molecule has 8 heteroatoms. The lowest BCUT2D eigenvalue weighted by Crippen LogP contribution is -2.22. The number of amides is 2. The summed E-state index contributed by atoms with van der Waals surface area (Å²) in [6.45, 7) is 1.73. The fourth-order valence-corrected chi connectivity index (χ4v) is 2.47. The topological polar surface area (TPSA) is 119 Å². The third-order valence-corrected chi connectivity index (χ3v) is 3.73. The number of para-hydroxylation sites is 1. The number of hydrogen-bond donors (Lipinski definition) is 3. The van der Waals surface area contributed by atoms with Gasteiger partial charge in [0.1, 0.15) is 0 Å². The Hall–Kier alpha value is -3.03. The molecular formula is C15H15N5O3. The fourth-order valence-electron chi connectivity index (χ4n) is 2.47. The molecule has 2 amide bonds. The first-order valence-corrected chi connectivity index (χ1v) is 7.14. The minimum atomic E-state index is -0.456. The van der Waals surface area contributed by atoms with E-state index in [2.05, 4.69) is 25.7 Å². The first-order valence-electron chi connectivity index (χ1n) is 7.14. The van der Waals surface area contributed by atoms with Gasteiger partial charge in [0, 0.05) is 17.5 Å². The average molecular weight is 313 g/mol. The zero-order valence-corrected chi connectivity index (χ0v) is 12.4. The zero-order chi connectivity index (χ0) is 16.4. The van der Waals surface area contributed by atoms with Crippen molar-refractivity contribution >= 4 is 34.1 Å². The van der Waals surface area contributed by atoms with Gasteiger partial charge in [0.2, 0.25) is 11.8 Å². The number of aromatic hydroxyl groups is 1. The number of carbonyl (C=O) groups excluding carboxylic acids is 2. The highest BCUT2D eigenvalue weighted by molar-refractivity contribution is 6.07. The second-order valence-corrected chi connectivity index (χ2v) is 5.28. The van der Waals surface area contributed by atoms with Gasteiger partial charge >= 0.3 is 0 Å². The van der Waals surface area contributed by atoms with Crippen LogP contribution in [0, 0.1) is 5.92 Å². The van der Waals surface area contributed by atoms with Crippen LogP contribution in [0.25, 0.3) is 10.9 Å². The molecular weight excluding hydrogens is 298 g/mol. The predicted molar refractivity (Wildman–Crippen MR) is 83.5 cm³/mol. The van der Waals surface area contributed by atoms with Gasteiger partial charge in [0.05, 0.1) is 11.4 Å². The molecule has 2 heterocycles. The number of carbonyl (C=O) groups is 2. The van der Waals surface area contributed by atoms with E-state index in [0.29, 0.717) is 23.0 Å². The minimum absolute atomic E-state index is 0.0809. The van der Waals surface area contributed by atoms with Gasteiger partial charge < -0.3 is 10.1 Å². The fraction of sp³-hybridized carbons (Fsp3) is 0.267. The molecule has 3 rings (SSSR count). The molecule has 3 N–H and O–H groups in total. The average Bonchev–Trinajstić information content (AvgIpc) is 3.02. The highest BCUT2D eigenvalue weighted by Crippen LogP contribution is 2.35. The van der Waals surface area contributed by atoms with Gasteiger partial charge in [-0.05, 0) is 19.4 Å². The Morgan fingerprint density at radius 2 is 2.17 bits per heavy atom. The molecule has 0 saturated heterocycles. The third-order valence-electron chi connectivity index (χ3n) is 3.73. The number of azo groups is 1. The molecule has 0 saturated carbocycles. The summed E-state index contributed by atoms with van der Waals surface area (Å²) in [6, 6.07) is 7.18. The molecule has 0 spiro atoms. The Morgan fingerprint density at radius 3 is 2.91 bits per heavy atom. The summed E-state index contributed by atoms with van der Waals surface area (Å²) in [5.41, 5.74) is 3.97. The molecule has 0 fully saturated rings. The Bertz CT molecular complexity index is 837. The van der Waals surface area contributed by atoms with Crippen LogP contribution < -0.4 is 5.43 Å². The Labute approximate surface area is 131 Å². The zero-order valence-electron chi connectivity index (χ0n) is 12.4. The number of rotatable bonds is 4. The van der Waals surface area contributed by atoms with E-state index in [0.717, 1.165) is 0 Å². The first-order chi connectivity index (χ1) is 11.1. The maximum Gasteiger partial charge on any atom is 0.264 e. The lowest BCUT2D eigenvalue weighted by Gasteiger charge is -2.04. The van der Waals surface area contributed by atoms with Gasteiger partial charge in [-0.2, -0.15) is 5.10 Å². The predicted octanol–water partition coefficient (Wildman–Crippen LogP) is 2.39. The summed E-state index contributed by atoms with van der Waals surface area (Å²) in [4.78, 5) is 26.1. The monoisotopic (exact) mass is 313 g/mol. The number of nitrogens with zero attached hydrogens (tertiary/aromatic N) is 3. The van der Waals surface area contributed by atoms with Crippen LogP contribution in [0.15, 0.2) is 39.6 Å². The van der Waals surface area contributed by atoms with Gasteiger partial charge in [-0.1, -0.05) is 18.2 Å². The van der Waals surface area contributed by atoms with Gasteiger partial charge in [-0.25, -0.2) is 5.43 Å². The van der Waals surface area contributed by atoms with E-state index in [9.17, 15) is 14.7 Å². The first kappa shape index (κ1) is 14.9. The number of fused-ring (bicyclic) bond motifs is 1. The molecule has 0 unspecified atom stereocenters. The molecule has 2 aromatic rings. The van der Waals surface area contributed by atoms with Crippen molar-refractivity contribution in [1.29, 1.82) is 0 Å². The number of hydrazone groups is 1. The van der Waals surface area contributed by atoms with Crippen molar-refractivity contribution in [2.45, 2.75) is 19.8 Å². The van der Waals surface area contributed by atoms with E-state index in [1.807, 2.05) is 6.07 Å². The SMILES string of the molecule is CC1=NNC(=O)[C@@H]1CCC(=O)N=Nc1c(O)[nH]c2ccccc12. The van der Waals surface area contributed by atoms with E-state index in [4.69, 9.17) is 0 Å². The van der Waals surface area contributed by atoms with Crippen molar-refractivity contribution in [2.75, 3.05) is 0 Å². The number of aromatic amines is 1. The molecule has 0 bridgehead atoms. The molecule has 0 aliphatic carbocycles. The molecule has 1 aliphatic heterocycles. The van der Waals surface area contributed by atoms with Crippen LogP contribution in [0.1, 0.15) is 19.8 Å². The van der Waals surface area contributed by atoms with E-state index in [1.165, 1.54) is 0 Å². The molecule has 1 aromatic carbocycles. The van der Waals surface area contributed by atoms with Crippen LogP contribution in [-0.2, 0) is 9.59 Å². The summed E-state index contributed by atoms with van der Waals surface area (Å²) in [5, 5.41) is 21.8. The highest BCUT2D eigenvalue weighted by atomic mass is 16.3. The van der Waals surface area contributed by atoms with Crippen molar-refractivity contribution in [3.63, 3.8) is 0 Å². The molecule has 0 radical (unpaired) electrons. The van der Waals surface area contributed by atoms with Crippen LogP contribution in [0.5, 0.6) is 5.88 Å². The van der Waals surface area contributed by atoms with Crippen LogP contribution in [0.3, 0.4) is 0 Å². The highest BCUT2D eigenvalue weighted by Gasteiger charge is 2.27. The number of nitrogens with one attached hydrogen (secondary N) is 2. The summed E-state index contributed by atoms with van der Waals surface area (Å²) < 4.78 is 0. The van der Waals surface area contributed by atoms with Gasteiger partial charge in [-0.3, -0.25) is 9.59 Å². The van der Waals surface area contributed by atoms with Crippen LogP contribution >= 0.6 is 0 Å². The smallest absolute Gasteiger partial charge is 0.264 e. The summed E-state index contributed by atoms with van der Waals surface area (Å²) >= 11 is 0. The van der Waals surface area contributed by atoms with Crippen molar-refractivity contribution < 1.29 is 14.7 Å². The second kappa shape index (κ2) is 5.99. The maximum absolute atomic E-state index is 11.8. The second-order valence-electron chi connectivity index (χ2n) is 5.28. The van der Waals surface area contributed by atoms with Crippen molar-refractivity contribution in [3.05, 3.63) is 24.3 Å². The maximum atomic E-state index is 11.8. The standard InChI is InChI=1S/C15H15N5O3/c1-8-9(14(22)20-17-8)6-7-12(21)18-19-13-10-4-2-3-5-11(10)16-15(13)23/h2-5,9,16,23H,6-7H2,1H3,(H,20,22)/t9-/m1/s1. The minimum Gasteiger partial charge on any atom is -0.493 e. The lowest BCUT2D eigenvalue weighted by atomic mass is 9.99. The summed E-state index contributed by atoms with van der Waals surface area (Å²) in [6.07, 6.45) is 0.413. The van der Waals surface area contributed by atoms with Gasteiger partial charge in [0.15, 0.2) is 5.69 Å². The van der Waals surface area contributed by atoms with Crippen LogP contribution in [-0.4, -0.2) is 27.6 Å². The van der Waals surface area contributed by atoms with Gasteiger partial charge in [-0.15, -0.1) is 10.2 Å². The van der Waals surface area contributed by atoms with Crippen LogP contribution in [0.2, 0.25) is 0 Å².